The number of aryl methyl sites for hydroxylation is 1. The highest BCUT2D eigenvalue weighted by Crippen LogP contribution is 2.35. The number of benzene rings is 1. The van der Waals surface area contributed by atoms with Gasteiger partial charge in [0.05, 0.1) is 5.54 Å². The number of carboxylic acid groups (broad SMARTS) is 1. The number of amides is 2. The van der Waals surface area contributed by atoms with Crippen molar-refractivity contribution in [3.63, 3.8) is 0 Å². The fourth-order valence-corrected chi connectivity index (χ4v) is 7.00. The summed E-state index contributed by atoms with van der Waals surface area (Å²) in [4.78, 5) is 48.4. The van der Waals surface area contributed by atoms with Gasteiger partial charge in [-0.05, 0) is 89.6 Å². The topological polar surface area (TPSA) is 268 Å². The zero-order chi connectivity index (χ0) is 36.4. The van der Waals surface area contributed by atoms with Gasteiger partial charge in [-0.25, -0.2) is 9.78 Å². The molecular formula is C30H40N8O10S2. The molecular weight excluding hydrogens is 697 g/mol. The summed E-state index contributed by atoms with van der Waals surface area (Å²) in [6, 6.07) is 4.42. The summed E-state index contributed by atoms with van der Waals surface area (Å²) in [6.07, 6.45) is 3.90. The van der Waals surface area contributed by atoms with Crippen LogP contribution in [0.25, 0.3) is 0 Å². The lowest BCUT2D eigenvalue weighted by atomic mass is 9.84. The smallest absolute Gasteiger partial charge is 0.418 e. The Balaban J connectivity index is 1.28. The average molecular weight is 737 g/mol. The molecule has 2 saturated heterocycles. The predicted octanol–water partition coefficient (Wildman–Crippen LogP) is 0.970. The number of carboxylic acids is 1. The molecule has 18 nitrogen and oxygen atoms in total. The summed E-state index contributed by atoms with van der Waals surface area (Å²) in [6.45, 7) is 5.72. The number of carbonyl (C=O) groups is 3. The van der Waals surface area contributed by atoms with E-state index in [0.717, 1.165) is 36.3 Å². The second kappa shape index (κ2) is 14.5. The molecule has 0 aliphatic carbocycles. The summed E-state index contributed by atoms with van der Waals surface area (Å²) < 4.78 is 41.8. The number of hydroxylamine groups is 2. The van der Waals surface area contributed by atoms with E-state index in [0.29, 0.717) is 35.4 Å². The van der Waals surface area contributed by atoms with Crippen molar-refractivity contribution in [2.24, 2.45) is 5.16 Å². The number of amidine groups is 1. The first-order valence-electron chi connectivity index (χ1n) is 15.9. The predicted molar refractivity (Wildman–Crippen MR) is 180 cm³/mol. The normalized spacial score (nSPS) is 22.8. The van der Waals surface area contributed by atoms with Crippen LogP contribution >= 0.6 is 11.3 Å². The number of rotatable bonds is 14. The van der Waals surface area contributed by atoms with Crippen LogP contribution in [0.4, 0.5) is 5.13 Å². The number of carbonyl (C=O) groups excluding carboxylic acids is 2. The molecule has 20 heteroatoms. The summed E-state index contributed by atoms with van der Waals surface area (Å²) >= 11 is 0.967. The van der Waals surface area contributed by atoms with E-state index in [1.165, 1.54) is 39.0 Å². The second-order valence-electron chi connectivity index (χ2n) is 12.9. The Morgan fingerprint density at radius 2 is 2.10 bits per heavy atom. The summed E-state index contributed by atoms with van der Waals surface area (Å²) in [5.41, 5.74) is 3.07. The van der Waals surface area contributed by atoms with Gasteiger partial charge in [-0.1, -0.05) is 5.16 Å². The van der Waals surface area contributed by atoms with E-state index in [-0.39, 0.29) is 23.1 Å². The Morgan fingerprint density at radius 1 is 1.34 bits per heavy atom. The van der Waals surface area contributed by atoms with E-state index in [2.05, 4.69) is 30.4 Å². The van der Waals surface area contributed by atoms with Gasteiger partial charge in [-0.15, -0.1) is 15.6 Å². The number of oxime groups is 1. The van der Waals surface area contributed by atoms with Gasteiger partial charge < -0.3 is 36.4 Å². The number of anilines is 1. The molecule has 2 aromatic rings. The Kier molecular flexibility index (Phi) is 10.7. The molecule has 50 heavy (non-hydrogen) atoms. The molecule has 4 heterocycles. The van der Waals surface area contributed by atoms with Crippen molar-refractivity contribution in [2.75, 3.05) is 18.8 Å². The maximum absolute atomic E-state index is 13.5. The first kappa shape index (κ1) is 36.9. The lowest BCUT2D eigenvalue weighted by molar-refractivity contribution is -0.218. The first-order chi connectivity index (χ1) is 23.5. The van der Waals surface area contributed by atoms with Crippen LogP contribution in [0.15, 0.2) is 28.7 Å². The number of ether oxygens (including phenoxy) is 1. The van der Waals surface area contributed by atoms with E-state index < -0.39 is 57.2 Å². The molecule has 0 spiro atoms. The van der Waals surface area contributed by atoms with Crippen molar-refractivity contribution >= 4 is 56.2 Å². The number of fused-ring (bicyclic) bond motifs is 1. The molecule has 2 fully saturated rings. The molecule has 4 atom stereocenters. The van der Waals surface area contributed by atoms with Gasteiger partial charge in [-0.2, -0.15) is 13.5 Å². The Labute approximate surface area is 292 Å². The van der Waals surface area contributed by atoms with Crippen molar-refractivity contribution in [3.8, 4) is 5.75 Å². The minimum Gasteiger partial charge on any atom is -0.485 e. The molecule has 8 N–H and O–H groups in total. The van der Waals surface area contributed by atoms with Gasteiger partial charge in [0, 0.05) is 23.5 Å². The number of nitrogens with zero attached hydrogens (tertiary/aromatic N) is 3. The summed E-state index contributed by atoms with van der Waals surface area (Å²) in [5, 5.41) is 33.5. The van der Waals surface area contributed by atoms with Crippen LogP contribution in [0.5, 0.6) is 5.75 Å². The third-order valence-electron chi connectivity index (χ3n) is 8.95. The van der Waals surface area contributed by atoms with Crippen molar-refractivity contribution in [3.05, 3.63) is 40.4 Å². The molecule has 3 aliphatic heterocycles. The number of nitrogens with two attached hydrogens (primary N) is 1. The van der Waals surface area contributed by atoms with Crippen LogP contribution in [0.1, 0.15) is 69.7 Å². The minimum absolute atomic E-state index is 0.0607. The zero-order valence-corrected chi connectivity index (χ0v) is 29.2. The van der Waals surface area contributed by atoms with Gasteiger partial charge in [0.25, 0.3) is 17.4 Å². The van der Waals surface area contributed by atoms with Gasteiger partial charge in [0.15, 0.2) is 16.9 Å². The number of nitrogen functional groups attached to an aromatic ring is 1. The lowest BCUT2D eigenvalue weighted by Gasteiger charge is -2.50. The minimum atomic E-state index is -5.03. The Bertz CT molecular complexity index is 1790. The van der Waals surface area contributed by atoms with Crippen LogP contribution in [0.3, 0.4) is 0 Å². The van der Waals surface area contributed by atoms with Crippen molar-refractivity contribution in [2.45, 2.75) is 88.6 Å². The van der Waals surface area contributed by atoms with E-state index in [1.807, 2.05) is 6.07 Å². The fraction of sp³-hybridized carbons (Fsp3) is 0.533. The molecule has 1 aromatic heterocycles. The third kappa shape index (κ3) is 7.99. The van der Waals surface area contributed by atoms with Crippen LogP contribution < -0.4 is 26.4 Å². The quantitative estimate of drug-likeness (QED) is 0.0356. The highest BCUT2D eigenvalue weighted by atomic mass is 32.3. The largest absolute Gasteiger partial charge is 0.485 e. The van der Waals surface area contributed by atoms with Gasteiger partial charge in [-0.3, -0.25) is 19.6 Å². The third-order valence-corrected chi connectivity index (χ3v) is 9.97. The number of aromatic nitrogens is 1. The average Bonchev–Trinajstić information content (AvgIpc) is 3.75. The number of aliphatic carboxylic acids is 1. The molecule has 3 aliphatic rings. The van der Waals surface area contributed by atoms with Gasteiger partial charge in [0.2, 0.25) is 0 Å². The molecule has 0 unspecified atom stereocenters. The number of β-lactam (4-membered cyclic amide) rings is 1. The highest BCUT2D eigenvalue weighted by Gasteiger charge is 2.58. The number of hydrogen-bond donors (Lipinski definition) is 7. The molecule has 1 aromatic carbocycles. The molecule has 272 valence electrons. The van der Waals surface area contributed by atoms with Crippen LogP contribution in [-0.2, 0) is 40.3 Å². The van der Waals surface area contributed by atoms with Gasteiger partial charge in [0.1, 0.15) is 23.3 Å². The first-order valence-corrected chi connectivity index (χ1v) is 18.1. The van der Waals surface area contributed by atoms with E-state index >= 15 is 0 Å². The number of hydrogen-bond acceptors (Lipinski definition) is 14. The SMILES string of the molecule is CC1(C)[C@H](NC(=O)/C(=N\O[C@](C)(C(=O)O)[C@H]2CCc3cc(C(=N)NCCC[C@H]4CCCN4)ccc3O2)c2csc(N)n2)C(=O)N1OS(=O)(=O)O. The van der Waals surface area contributed by atoms with Crippen molar-refractivity contribution in [1.29, 1.82) is 5.41 Å². The molecule has 5 rings (SSSR count). The standard InChI is InChI=1S/C30H40N8O10S2/c1-29(2)23(26(40)38(29)48-50(43,44)45)36-25(39)22(19-15-49-28(32)35-19)37-47-30(3,27(41)42)21-11-9-16-14-17(8-10-20(16)46-21)24(31)34-13-5-7-18-6-4-12-33-18/h8,10,14-15,18,21,23,33H,4-7,9,11-13H2,1-3H3,(H2,31,34)(H2,32,35)(H,36,39)(H,41,42)(H,43,44,45)/b37-22-/t18-,21-,23-,30+/m1/s1. The maximum atomic E-state index is 13.5. The lowest BCUT2D eigenvalue weighted by Crippen LogP contribution is -2.76. The van der Waals surface area contributed by atoms with E-state index in [1.54, 1.807) is 12.1 Å². The monoisotopic (exact) mass is 736 g/mol. The van der Waals surface area contributed by atoms with Crippen LogP contribution in [-0.4, -0.2) is 99.9 Å². The van der Waals surface area contributed by atoms with Crippen molar-refractivity contribution in [1.82, 2.24) is 26.0 Å². The fourth-order valence-electron chi connectivity index (χ4n) is 6.00. The van der Waals surface area contributed by atoms with Crippen LogP contribution in [0, 0.1) is 5.41 Å². The highest BCUT2D eigenvalue weighted by molar-refractivity contribution is 7.80. The van der Waals surface area contributed by atoms with E-state index in [4.69, 9.17) is 25.3 Å². The summed E-state index contributed by atoms with van der Waals surface area (Å²) in [5.74, 6) is -2.75. The van der Waals surface area contributed by atoms with E-state index in [9.17, 15) is 27.9 Å². The molecule has 0 bridgehead atoms. The Hall–Kier alpha value is -4.37. The number of nitrogens with one attached hydrogen (secondary N) is 4. The van der Waals surface area contributed by atoms with Crippen LogP contribution in [0.2, 0.25) is 0 Å². The molecule has 0 saturated carbocycles. The second-order valence-corrected chi connectivity index (χ2v) is 14.8. The number of thiazole rings is 1. The molecule has 0 radical (unpaired) electrons. The van der Waals surface area contributed by atoms with Gasteiger partial charge >= 0.3 is 16.4 Å². The summed E-state index contributed by atoms with van der Waals surface area (Å²) in [7, 11) is -5.03. The Morgan fingerprint density at radius 3 is 2.72 bits per heavy atom. The molecule has 2 amide bonds. The van der Waals surface area contributed by atoms with Crippen molar-refractivity contribution < 1.29 is 46.3 Å². The maximum Gasteiger partial charge on any atom is 0.418 e. The zero-order valence-electron chi connectivity index (χ0n) is 27.6.